The third kappa shape index (κ3) is 3.04. The maximum absolute atomic E-state index is 13.1. The molecule has 18 heavy (non-hydrogen) atoms. The fourth-order valence-corrected chi connectivity index (χ4v) is 2.55. The molecule has 0 amide bonds. The number of halogens is 4. The molecule has 5 heteroatoms. The molecule has 0 fully saturated rings. The largest absolute Gasteiger partial charge is 0.384 e. The Morgan fingerprint density at radius 3 is 2.17 bits per heavy atom. The highest BCUT2D eigenvalue weighted by atomic mass is 79.9. The predicted octanol–water partition coefficient (Wildman–Crippen LogP) is 4.98. The molecule has 0 spiro atoms. The van der Waals surface area contributed by atoms with E-state index in [0.717, 1.165) is 0 Å². The number of hydrogen-bond donors (Lipinski definition) is 1. The maximum atomic E-state index is 13.1. The van der Waals surface area contributed by atoms with Gasteiger partial charge in [-0.25, -0.2) is 4.39 Å². The lowest BCUT2D eigenvalue weighted by Crippen LogP contribution is -2.00. The second kappa shape index (κ2) is 5.57. The third-order valence-corrected chi connectivity index (χ3v) is 3.50. The molecule has 0 aliphatic carbocycles. The highest BCUT2D eigenvalue weighted by molar-refractivity contribution is 9.10. The van der Waals surface area contributed by atoms with Crippen LogP contribution in [-0.2, 0) is 0 Å². The Bertz CT molecular complexity index is 569. The fourth-order valence-electron chi connectivity index (χ4n) is 1.61. The van der Waals surface area contributed by atoms with E-state index in [1.165, 1.54) is 18.2 Å². The van der Waals surface area contributed by atoms with Gasteiger partial charge in [-0.05, 0) is 57.4 Å². The standard InChI is InChI=1S/C13H8BrCl2FO/c14-11-5-7(1-2-12(11)17)13(18)8-3-9(15)6-10(16)4-8/h1-6,13,18H. The first-order chi connectivity index (χ1) is 8.47. The molecule has 0 aliphatic heterocycles. The van der Waals surface area contributed by atoms with Crippen LogP contribution in [0, 0.1) is 5.82 Å². The van der Waals surface area contributed by atoms with E-state index in [1.54, 1.807) is 18.2 Å². The minimum atomic E-state index is -0.905. The van der Waals surface area contributed by atoms with Crippen LogP contribution in [0.1, 0.15) is 17.2 Å². The van der Waals surface area contributed by atoms with Gasteiger partial charge < -0.3 is 5.11 Å². The van der Waals surface area contributed by atoms with E-state index in [0.29, 0.717) is 25.6 Å². The third-order valence-electron chi connectivity index (χ3n) is 2.46. The van der Waals surface area contributed by atoms with Gasteiger partial charge in [-0.1, -0.05) is 29.3 Å². The zero-order chi connectivity index (χ0) is 13.3. The first-order valence-electron chi connectivity index (χ1n) is 5.06. The molecule has 1 atom stereocenters. The molecular weight excluding hydrogens is 342 g/mol. The van der Waals surface area contributed by atoms with Crippen LogP contribution in [-0.4, -0.2) is 5.11 Å². The van der Waals surface area contributed by atoms with Crippen LogP contribution in [0.15, 0.2) is 40.9 Å². The molecule has 0 aromatic heterocycles. The van der Waals surface area contributed by atoms with Crippen molar-refractivity contribution in [2.45, 2.75) is 6.10 Å². The van der Waals surface area contributed by atoms with E-state index < -0.39 is 6.10 Å². The summed E-state index contributed by atoms with van der Waals surface area (Å²) in [5.74, 6) is -0.380. The molecule has 0 heterocycles. The number of aliphatic hydroxyl groups is 1. The first kappa shape index (κ1) is 13.8. The van der Waals surface area contributed by atoms with Crippen molar-refractivity contribution in [3.63, 3.8) is 0 Å². The monoisotopic (exact) mass is 348 g/mol. The highest BCUT2D eigenvalue weighted by Gasteiger charge is 2.13. The first-order valence-corrected chi connectivity index (χ1v) is 6.61. The van der Waals surface area contributed by atoms with Crippen LogP contribution in [0.25, 0.3) is 0 Å². The summed E-state index contributed by atoms with van der Waals surface area (Å²) < 4.78 is 13.4. The Morgan fingerprint density at radius 1 is 1.00 bits per heavy atom. The van der Waals surface area contributed by atoms with Crippen LogP contribution >= 0.6 is 39.1 Å². The molecule has 0 radical (unpaired) electrons. The molecule has 0 saturated heterocycles. The number of benzene rings is 2. The second-order valence-electron chi connectivity index (χ2n) is 3.78. The van der Waals surface area contributed by atoms with Gasteiger partial charge in [0.2, 0.25) is 0 Å². The lowest BCUT2D eigenvalue weighted by molar-refractivity contribution is 0.220. The number of rotatable bonds is 2. The molecule has 1 nitrogen and oxygen atoms in total. The quantitative estimate of drug-likeness (QED) is 0.810. The fraction of sp³-hybridized carbons (Fsp3) is 0.0769. The molecule has 94 valence electrons. The van der Waals surface area contributed by atoms with Gasteiger partial charge in [-0.3, -0.25) is 0 Å². The van der Waals surface area contributed by atoms with E-state index in [1.807, 2.05) is 0 Å². The summed E-state index contributed by atoms with van der Waals surface area (Å²) >= 11 is 14.8. The normalized spacial score (nSPS) is 12.5. The lowest BCUT2D eigenvalue weighted by atomic mass is 10.0. The average Bonchev–Trinajstić information content (AvgIpc) is 2.30. The second-order valence-corrected chi connectivity index (χ2v) is 5.51. The van der Waals surface area contributed by atoms with E-state index in [2.05, 4.69) is 15.9 Å². The Hall–Kier alpha value is -0.610. The smallest absolute Gasteiger partial charge is 0.137 e. The van der Waals surface area contributed by atoms with E-state index in [4.69, 9.17) is 23.2 Å². The van der Waals surface area contributed by atoms with Crippen LogP contribution < -0.4 is 0 Å². The van der Waals surface area contributed by atoms with Gasteiger partial charge in [0, 0.05) is 10.0 Å². The summed E-state index contributed by atoms with van der Waals surface area (Å²) in [6, 6.07) is 9.15. The van der Waals surface area contributed by atoms with Crippen molar-refractivity contribution in [3.05, 3.63) is 67.9 Å². The summed E-state index contributed by atoms with van der Waals surface area (Å²) in [6.45, 7) is 0. The van der Waals surface area contributed by atoms with Gasteiger partial charge in [-0.2, -0.15) is 0 Å². The minimum Gasteiger partial charge on any atom is -0.384 e. The van der Waals surface area contributed by atoms with E-state index in [9.17, 15) is 9.50 Å². The van der Waals surface area contributed by atoms with Gasteiger partial charge in [0.25, 0.3) is 0 Å². The summed E-state index contributed by atoms with van der Waals surface area (Å²) in [4.78, 5) is 0. The van der Waals surface area contributed by atoms with Crippen LogP contribution in [0.2, 0.25) is 10.0 Å². The van der Waals surface area contributed by atoms with Crippen molar-refractivity contribution >= 4 is 39.1 Å². The zero-order valence-corrected chi connectivity index (χ0v) is 12.1. The van der Waals surface area contributed by atoms with Crippen molar-refractivity contribution in [1.29, 1.82) is 0 Å². The summed E-state index contributed by atoms with van der Waals surface area (Å²) in [5, 5.41) is 11.1. The Labute approximate surface area is 122 Å². The molecule has 0 saturated carbocycles. The van der Waals surface area contributed by atoms with Crippen molar-refractivity contribution in [2.24, 2.45) is 0 Å². The van der Waals surface area contributed by atoms with Crippen LogP contribution in [0.3, 0.4) is 0 Å². The van der Waals surface area contributed by atoms with E-state index >= 15 is 0 Å². The van der Waals surface area contributed by atoms with Gasteiger partial charge in [0.05, 0.1) is 4.47 Å². The summed E-state index contributed by atoms with van der Waals surface area (Å²) in [5.41, 5.74) is 1.12. The molecule has 1 unspecified atom stereocenters. The van der Waals surface area contributed by atoms with Gasteiger partial charge in [0.1, 0.15) is 11.9 Å². The van der Waals surface area contributed by atoms with Crippen molar-refractivity contribution in [2.75, 3.05) is 0 Å². The Balaban J connectivity index is 2.40. The molecular formula is C13H8BrCl2FO. The van der Waals surface area contributed by atoms with Crippen molar-refractivity contribution < 1.29 is 9.50 Å². The predicted molar refractivity (Wildman–Crippen MR) is 74.6 cm³/mol. The lowest BCUT2D eigenvalue weighted by Gasteiger charge is -2.13. The average molecular weight is 350 g/mol. The molecule has 2 aromatic rings. The van der Waals surface area contributed by atoms with Crippen molar-refractivity contribution in [1.82, 2.24) is 0 Å². The van der Waals surface area contributed by atoms with Crippen LogP contribution in [0.5, 0.6) is 0 Å². The Morgan fingerprint density at radius 2 is 1.61 bits per heavy atom. The van der Waals surface area contributed by atoms with E-state index in [-0.39, 0.29) is 5.82 Å². The van der Waals surface area contributed by atoms with Gasteiger partial charge in [-0.15, -0.1) is 0 Å². The molecule has 2 rings (SSSR count). The SMILES string of the molecule is OC(c1cc(Cl)cc(Cl)c1)c1ccc(F)c(Br)c1. The molecule has 0 aliphatic rings. The topological polar surface area (TPSA) is 20.2 Å². The van der Waals surface area contributed by atoms with Gasteiger partial charge in [0.15, 0.2) is 0 Å². The molecule has 2 aromatic carbocycles. The number of hydrogen-bond acceptors (Lipinski definition) is 1. The van der Waals surface area contributed by atoms with Gasteiger partial charge >= 0.3 is 0 Å². The Kier molecular flexibility index (Phi) is 4.28. The number of aliphatic hydroxyl groups excluding tert-OH is 1. The van der Waals surface area contributed by atoms with Crippen LogP contribution in [0.4, 0.5) is 4.39 Å². The zero-order valence-electron chi connectivity index (χ0n) is 9.00. The maximum Gasteiger partial charge on any atom is 0.137 e. The van der Waals surface area contributed by atoms with Crippen molar-refractivity contribution in [3.8, 4) is 0 Å². The minimum absolute atomic E-state index is 0.298. The summed E-state index contributed by atoms with van der Waals surface area (Å²) in [6.07, 6.45) is -0.905. The molecule has 1 N–H and O–H groups in total. The molecule has 0 bridgehead atoms. The summed E-state index contributed by atoms with van der Waals surface area (Å²) in [7, 11) is 0. The highest BCUT2D eigenvalue weighted by Crippen LogP contribution is 2.29.